The zero-order valence-electron chi connectivity index (χ0n) is 8.29. The molecule has 3 rings (SSSR count). The van der Waals surface area contributed by atoms with Crippen LogP contribution in [0.25, 0.3) is 0 Å². The Morgan fingerprint density at radius 2 is 1.93 bits per heavy atom. The van der Waals surface area contributed by atoms with Crippen molar-refractivity contribution in [1.82, 2.24) is 0 Å². The maximum absolute atomic E-state index is 5.50. The molecule has 0 N–H and O–H groups in total. The largest absolute Gasteiger partial charge is 0.353 e. The van der Waals surface area contributed by atoms with Gasteiger partial charge < -0.3 is 28.4 Å². The number of epoxide rings is 1. The Morgan fingerprint density at radius 1 is 1.07 bits per heavy atom. The van der Waals surface area contributed by atoms with E-state index >= 15 is 0 Å². The lowest BCUT2D eigenvalue weighted by Crippen LogP contribution is -2.23. The molecule has 3 saturated heterocycles. The lowest BCUT2D eigenvalue weighted by atomic mass is 10.3. The van der Waals surface area contributed by atoms with Crippen LogP contribution < -0.4 is 0 Å². The summed E-state index contributed by atoms with van der Waals surface area (Å²) in [5.41, 5.74) is 0. The monoisotopic (exact) mass is 218 g/mol. The van der Waals surface area contributed by atoms with Crippen LogP contribution in [0.4, 0.5) is 0 Å². The molecule has 86 valence electrons. The first kappa shape index (κ1) is 9.95. The molecule has 4 unspecified atom stereocenters. The van der Waals surface area contributed by atoms with Crippen molar-refractivity contribution < 1.29 is 28.4 Å². The van der Waals surface area contributed by atoms with E-state index in [2.05, 4.69) is 0 Å². The third-order valence-electron chi connectivity index (χ3n) is 2.63. The molecule has 0 aliphatic carbocycles. The highest BCUT2D eigenvalue weighted by Gasteiger charge is 2.48. The number of hydrogen-bond donors (Lipinski definition) is 0. The minimum atomic E-state index is -0.166. The fourth-order valence-electron chi connectivity index (χ4n) is 1.71. The summed E-state index contributed by atoms with van der Waals surface area (Å²) in [4.78, 5) is 0. The van der Waals surface area contributed by atoms with Gasteiger partial charge in [-0.2, -0.15) is 0 Å². The zero-order valence-corrected chi connectivity index (χ0v) is 8.29. The van der Waals surface area contributed by atoms with Gasteiger partial charge in [0.1, 0.15) is 31.9 Å². The van der Waals surface area contributed by atoms with Gasteiger partial charge >= 0.3 is 0 Å². The number of ether oxygens (including phenoxy) is 6. The molecule has 0 bridgehead atoms. The Morgan fingerprint density at radius 3 is 2.67 bits per heavy atom. The zero-order chi connectivity index (χ0) is 10.1. The molecule has 0 radical (unpaired) electrons. The molecule has 3 aliphatic rings. The highest BCUT2D eigenvalue weighted by Crippen LogP contribution is 2.30. The van der Waals surface area contributed by atoms with Gasteiger partial charge in [-0.25, -0.2) is 0 Å². The van der Waals surface area contributed by atoms with Crippen molar-refractivity contribution in [3.63, 3.8) is 0 Å². The van der Waals surface area contributed by atoms with Crippen molar-refractivity contribution in [2.75, 3.05) is 33.4 Å². The summed E-state index contributed by atoms with van der Waals surface area (Å²) in [6, 6.07) is 0. The standard InChI is InChI=1S/C9H14O6/c1-6(13-4-10-1)2-12-9-8(15-9)7-3-11-5-14-7/h6-9H,1-5H2. The van der Waals surface area contributed by atoms with Crippen molar-refractivity contribution in [2.45, 2.75) is 24.6 Å². The van der Waals surface area contributed by atoms with Crippen LogP contribution in [0.15, 0.2) is 0 Å². The molecule has 4 atom stereocenters. The molecule has 15 heavy (non-hydrogen) atoms. The van der Waals surface area contributed by atoms with E-state index in [0.29, 0.717) is 33.4 Å². The molecule has 0 saturated carbocycles. The Labute approximate surface area is 87.3 Å². The lowest BCUT2D eigenvalue weighted by molar-refractivity contribution is -0.0231. The fraction of sp³-hybridized carbons (Fsp3) is 1.00. The molecule has 0 amide bonds. The Bertz CT molecular complexity index is 211. The highest BCUT2D eigenvalue weighted by molar-refractivity contribution is 4.87. The predicted octanol–water partition coefficient (Wildman–Crippen LogP) is -0.526. The van der Waals surface area contributed by atoms with E-state index < -0.39 is 0 Å². The van der Waals surface area contributed by atoms with Crippen LogP contribution >= 0.6 is 0 Å². The second kappa shape index (κ2) is 4.32. The van der Waals surface area contributed by atoms with Crippen molar-refractivity contribution in [3.05, 3.63) is 0 Å². The van der Waals surface area contributed by atoms with Gasteiger partial charge in [0.05, 0.1) is 19.8 Å². The molecule has 6 nitrogen and oxygen atoms in total. The lowest BCUT2D eigenvalue weighted by Gasteiger charge is -2.06. The normalized spacial score (nSPS) is 44.8. The van der Waals surface area contributed by atoms with Gasteiger partial charge in [-0.05, 0) is 0 Å². The number of rotatable bonds is 4. The quantitative estimate of drug-likeness (QED) is 0.591. The predicted molar refractivity (Wildman–Crippen MR) is 46.0 cm³/mol. The Kier molecular flexibility index (Phi) is 2.87. The van der Waals surface area contributed by atoms with Crippen LogP contribution in [0.5, 0.6) is 0 Å². The highest BCUT2D eigenvalue weighted by atomic mass is 16.8. The van der Waals surface area contributed by atoms with Gasteiger partial charge in [0.15, 0.2) is 6.29 Å². The van der Waals surface area contributed by atoms with E-state index in [4.69, 9.17) is 28.4 Å². The average molecular weight is 218 g/mol. The van der Waals surface area contributed by atoms with Crippen molar-refractivity contribution in [3.8, 4) is 0 Å². The first-order chi connectivity index (χ1) is 7.43. The molecule has 0 aromatic rings. The Balaban J connectivity index is 1.35. The van der Waals surface area contributed by atoms with Crippen LogP contribution in [0, 0.1) is 0 Å². The maximum atomic E-state index is 5.50. The second-order valence-corrected chi connectivity index (χ2v) is 3.77. The molecule has 0 spiro atoms. The van der Waals surface area contributed by atoms with Crippen molar-refractivity contribution in [2.24, 2.45) is 0 Å². The van der Waals surface area contributed by atoms with Crippen LogP contribution in [0.1, 0.15) is 0 Å². The summed E-state index contributed by atoms with van der Waals surface area (Å²) in [6.45, 7) is 2.42. The van der Waals surface area contributed by atoms with E-state index in [-0.39, 0.29) is 24.6 Å². The molecule has 3 heterocycles. The molecule has 3 aliphatic heterocycles. The average Bonchev–Trinajstić information content (AvgIpc) is 2.78. The van der Waals surface area contributed by atoms with Gasteiger partial charge in [0.2, 0.25) is 0 Å². The summed E-state index contributed by atoms with van der Waals surface area (Å²) >= 11 is 0. The summed E-state index contributed by atoms with van der Waals surface area (Å²) in [6.07, 6.45) is -0.0814. The minimum Gasteiger partial charge on any atom is -0.353 e. The van der Waals surface area contributed by atoms with Gasteiger partial charge in [-0.15, -0.1) is 0 Å². The van der Waals surface area contributed by atoms with Gasteiger partial charge in [-0.1, -0.05) is 0 Å². The van der Waals surface area contributed by atoms with E-state index in [0.717, 1.165) is 0 Å². The molecular weight excluding hydrogens is 204 g/mol. The molecule has 3 fully saturated rings. The minimum absolute atomic E-state index is 0.0230. The molecule has 6 heteroatoms. The topological polar surface area (TPSA) is 58.7 Å². The second-order valence-electron chi connectivity index (χ2n) is 3.77. The van der Waals surface area contributed by atoms with Gasteiger partial charge in [0, 0.05) is 0 Å². The smallest absolute Gasteiger partial charge is 0.187 e. The summed E-state index contributed by atoms with van der Waals surface area (Å²) in [5.74, 6) is 0. The van der Waals surface area contributed by atoms with E-state index in [1.807, 2.05) is 0 Å². The van der Waals surface area contributed by atoms with E-state index in [9.17, 15) is 0 Å². The summed E-state index contributed by atoms with van der Waals surface area (Å²) in [5, 5.41) is 0. The van der Waals surface area contributed by atoms with Crippen LogP contribution in [0.3, 0.4) is 0 Å². The maximum Gasteiger partial charge on any atom is 0.187 e. The van der Waals surface area contributed by atoms with E-state index in [1.165, 1.54) is 0 Å². The van der Waals surface area contributed by atoms with Gasteiger partial charge in [0.25, 0.3) is 0 Å². The third-order valence-corrected chi connectivity index (χ3v) is 2.63. The van der Waals surface area contributed by atoms with E-state index in [1.54, 1.807) is 0 Å². The molecule has 0 aromatic carbocycles. The first-order valence-corrected chi connectivity index (χ1v) is 5.09. The van der Waals surface area contributed by atoms with Crippen molar-refractivity contribution >= 4 is 0 Å². The van der Waals surface area contributed by atoms with Gasteiger partial charge in [-0.3, -0.25) is 0 Å². The Hall–Kier alpha value is -0.240. The summed E-state index contributed by atoms with van der Waals surface area (Å²) in [7, 11) is 0. The van der Waals surface area contributed by atoms with Crippen LogP contribution in [-0.4, -0.2) is 58.0 Å². The van der Waals surface area contributed by atoms with Crippen LogP contribution in [0.2, 0.25) is 0 Å². The molecular formula is C9H14O6. The number of hydrogen-bond acceptors (Lipinski definition) is 6. The fourth-order valence-corrected chi connectivity index (χ4v) is 1.71. The first-order valence-electron chi connectivity index (χ1n) is 5.09. The SMILES string of the molecule is C1OCC(COC2OC2C2COCO2)O1. The summed E-state index contributed by atoms with van der Waals surface area (Å²) < 4.78 is 31.5. The third kappa shape index (κ3) is 2.30. The van der Waals surface area contributed by atoms with Crippen molar-refractivity contribution in [1.29, 1.82) is 0 Å². The molecule has 0 aromatic heterocycles. The van der Waals surface area contributed by atoms with Crippen LogP contribution in [-0.2, 0) is 28.4 Å².